The van der Waals surface area contributed by atoms with Crippen LogP contribution in [0.1, 0.15) is 61.6 Å². The molecule has 1 fully saturated rings. The largest absolute Gasteiger partial charge is 0.507 e. The summed E-state index contributed by atoms with van der Waals surface area (Å²) in [5.74, 6) is -0.643. The van der Waals surface area contributed by atoms with E-state index < -0.39 is 17.7 Å². The van der Waals surface area contributed by atoms with Crippen molar-refractivity contribution in [2.45, 2.75) is 58.2 Å². The summed E-state index contributed by atoms with van der Waals surface area (Å²) in [4.78, 5) is 28.3. The zero-order chi connectivity index (χ0) is 25.6. The molecule has 2 heterocycles. The lowest BCUT2D eigenvalue weighted by atomic mass is 9.85. The highest BCUT2D eigenvalue weighted by atomic mass is 16.5. The van der Waals surface area contributed by atoms with Gasteiger partial charge in [0.2, 0.25) is 0 Å². The van der Waals surface area contributed by atoms with E-state index in [2.05, 4.69) is 20.8 Å². The molecule has 2 aliphatic rings. The number of hydrogen-bond acceptors (Lipinski definition) is 4. The minimum atomic E-state index is -0.692. The zero-order valence-corrected chi connectivity index (χ0v) is 21.1. The number of ketones is 1. The van der Waals surface area contributed by atoms with Crippen molar-refractivity contribution >= 4 is 17.4 Å². The molecule has 0 aromatic heterocycles. The summed E-state index contributed by atoms with van der Waals surface area (Å²) in [5, 5.41) is 11.4. The van der Waals surface area contributed by atoms with Crippen LogP contribution in [0.25, 0.3) is 5.76 Å². The quantitative estimate of drug-likeness (QED) is 0.285. The molecule has 1 saturated heterocycles. The average Bonchev–Trinajstić information content (AvgIpc) is 3.35. The van der Waals surface area contributed by atoms with Crippen LogP contribution in [0, 0.1) is 0 Å². The number of carbonyl (C=O) groups excluding carboxylic acids is 2. The Morgan fingerprint density at radius 1 is 1.00 bits per heavy atom. The highest BCUT2D eigenvalue weighted by Crippen LogP contribution is 2.41. The molecule has 0 bridgehead atoms. The normalized spacial score (nSPS) is 20.9. The third-order valence-electron chi connectivity index (χ3n) is 7.00. The van der Waals surface area contributed by atoms with Crippen LogP contribution in [0.2, 0.25) is 0 Å². The summed E-state index contributed by atoms with van der Waals surface area (Å²) in [5.41, 5.74) is 4.44. The molecule has 0 saturated carbocycles. The van der Waals surface area contributed by atoms with E-state index in [0.717, 1.165) is 34.4 Å². The molecular formula is C31H31NO4. The van der Waals surface area contributed by atoms with Crippen molar-refractivity contribution in [1.29, 1.82) is 0 Å². The molecule has 3 aromatic carbocycles. The number of nitrogens with zero attached hydrogens (tertiary/aromatic N) is 1. The predicted octanol–water partition coefficient (Wildman–Crippen LogP) is 5.93. The first-order valence-electron chi connectivity index (χ1n) is 12.4. The van der Waals surface area contributed by atoms with Crippen molar-refractivity contribution in [3.63, 3.8) is 0 Å². The second-order valence-corrected chi connectivity index (χ2v) is 10.7. The van der Waals surface area contributed by atoms with Gasteiger partial charge in [0.05, 0.1) is 11.6 Å². The van der Waals surface area contributed by atoms with Gasteiger partial charge in [-0.1, -0.05) is 75.4 Å². The zero-order valence-electron chi connectivity index (χ0n) is 21.1. The lowest BCUT2D eigenvalue weighted by molar-refractivity contribution is -0.140. The number of likely N-dealkylation sites (tertiary alicyclic amines) is 1. The SMILES string of the molecule is C[C@H]1Cc2cc(/C(O)=C3\C(=O)C(=O)N(Cc4ccccc4)[C@H]3c3ccc(C(C)(C)C)cc3)ccc2O1. The van der Waals surface area contributed by atoms with Gasteiger partial charge < -0.3 is 14.7 Å². The smallest absolute Gasteiger partial charge is 0.295 e. The number of hydrogen-bond donors (Lipinski definition) is 1. The van der Waals surface area contributed by atoms with Crippen molar-refractivity contribution in [2.24, 2.45) is 0 Å². The number of Topliss-reactive ketones (excluding diaryl/α,β-unsaturated/α-hetero) is 1. The summed E-state index contributed by atoms with van der Waals surface area (Å²) >= 11 is 0. The van der Waals surface area contributed by atoms with Gasteiger partial charge in [0, 0.05) is 18.5 Å². The molecule has 5 rings (SSSR count). The van der Waals surface area contributed by atoms with E-state index in [1.807, 2.05) is 73.7 Å². The molecule has 3 aromatic rings. The number of ether oxygens (including phenoxy) is 1. The van der Waals surface area contributed by atoms with Crippen LogP contribution in [0.15, 0.2) is 78.4 Å². The number of aliphatic hydroxyl groups excluding tert-OH is 1. The minimum Gasteiger partial charge on any atom is -0.507 e. The van der Waals surface area contributed by atoms with Gasteiger partial charge >= 0.3 is 0 Å². The average molecular weight is 482 g/mol. The molecule has 1 N–H and O–H groups in total. The fraction of sp³-hybridized carbons (Fsp3) is 0.290. The van der Waals surface area contributed by atoms with Gasteiger partial charge in [-0.2, -0.15) is 0 Å². The lowest BCUT2D eigenvalue weighted by Crippen LogP contribution is -2.29. The lowest BCUT2D eigenvalue weighted by Gasteiger charge is -2.26. The first-order valence-corrected chi connectivity index (χ1v) is 12.4. The Morgan fingerprint density at radius 3 is 2.36 bits per heavy atom. The van der Waals surface area contributed by atoms with E-state index in [0.29, 0.717) is 5.56 Å². The second kappa shape index (κ2) is 8.98. The van der Waals surface area contributed by atoms with E-state index in [4.69, 9.17) is 4.74 Å². The molecule has 0 unspecified atom stereocenters. The van der Waals surface area contributed by atoms with Gasteiger partial charge in [-0.05, 0) is 52.8 Å². The van der Waals surface area contributed by atoms with Crippen LogP contribution in [0.4, 0.5) is 0 Å². The summed E-state index contributed by atoms with van der Waals surface area (Å²) in [6, 6.07) is 22.3. The van der Waals surface area contributed by atoms with E-state index in [1.54, 1.807) is 11.0 Å². The van der Waals surface area contributed by atoms with Crippen LogP contribution in [-0.4, -0.2) is 27.8 Å². The first-order chi connectivity index (χ1) is 17.1. The summed E-state index contributed by atoms with van der Waals surface area (Å²) < 4.78 is 5.79. The number of fused-ring (bicyclic) bond motifs is 1. The molecule has 0 aliphatic carbocycles. The van der Waals surface area contributed by atoms with Crippen LogP contribution in [0.3, 0.4) is 0 Å². The molecule has 0 spiro atoms. The van der Waals surface area contributed by atoms with Gasteiger partial charge in [0.1, 0.15) is 17.6 Å². The van der Waals surface area contributed by atoms with Gasteiger partial charge in [-0.15, -0.1) is 0 Å². The molecule has 36 heavy (non-hydrogen) atoms. The minimum absolute atomic E-state index is 0.0337. The highest BCUT2D eigenvalue weighted by Gasteiger charge is 2.46. The third-order valence-corrected chi connectivity index (χ3v) is 7.00. The van der Waals surface area contributed by atoms with Crippen molar-refractivity contribution in [3.05, 3.63) is 106 Å². The fourth-order valence-corrected chi connectivity index (χ4v) is 5.06. The third kappa shape index (κ3) is 4.30. The van der Waals surface area contributed by atoms with Crippen molar-refractivity contribution in [3.8, 4) is 5.75 Å². The molecule has 184 valence electrons. The van der Waals surface area contributed by atoms with Crippen LogP contribution >= 0.6 is 0 Å². The molecular weight excluding hydrogens is 450 g/mol. The maximum absolute atomic E-state index is 13.4. The maximum Gasteiger partial charge on any atom is 0.295 e. The Balaban J connectivity index is 1.62. The van der Waals surface area contributed by atoms with Crippen molar-refractivity contribution in [1.82, 2.24) is 4.90 Å². The van der Waals surface area contributed by atoms with Crippen molar-refractivity contribution < 1.29 is 19.4 Å². The Bertz CT molecular complexity index is 1350. The van der Waals surface area contributed by atoms with E-state index in [1.165, 1.54) is 0 Å². The summed E-state index contributed by atoms with van der Waals surface area (Å²) in [7, 11) is 0. The Labute approximate surface area is 212 Å². The molecule has 5 nitrogen and oxygen atoms in total. The summed E-state index contributed by atoms with van der Waals surface area (Å²) in [6.07, 6.45) is 0.798. The molecule has 0 radical (unpaired) electrons. The number of amides is 1. The predicted molar refractivity (Wildman–Crippen MR) is 140 cm³/mol. The monoisotopic (exact) mass is 481 g/mol. The molecule has 5 heteroatoms. The second-order valence-electron chi connectivity index (χ2n) is 10.7. The highest BCUT2D eigenvalue weighted by molar-refractivity contribution is 6.46. The number of benzene rings is 3. The van der Waals surface area contributed by atoms with Crippen LogP contribution in [0.5, 0.6) is 5.75 Å². The maximum atomic E-state index is 13.4. The van der Waals surface area contributed by atoms with Gasteiger partial charge in [-0.3, -0.25) is 9.59 Å². The summed E-state index contributed by atoms with van der Waals surface area (Å²) in [6.45, 7) is 8.69. The Hall–Kier alpha value is -3.86. The van der Waals surface area contributed by atoms with E-state index in [-0.39, 0.29) is 29.4 Å². The van der Waals surface area contributed by atoms with Gasteiger partial charge in [0.25, 0.3) is 11.7 Å². The van der Waals surface area contributed by atoms with Gasteiger partial charge in [0.15, 0.2) is 0 Å². The molecule has 2 aliphatic heterocycles. The van der Waals surface area contributed by atoms with E-state index >= 15 is 0 Å². The standard InChI is InChI=1S/C31H31NO4/c1-19-16-23-17-22(12-15-25(23)36-19)28(33)26-27(21-10-13-24(14-11-21)31(2,3)4)32(30(35)29(26)34)18-20-8-6-5-7-9-20/h5-15,17,19,27,33H,16,18H2,1-4H3/b28-26+/t19-,27-/m0/s1. The Kier molecular flexibility index (Phi) is 5.95. The fourth-order valence-electron chi connectivity index (χ4n) is 5.06. The van der Waals surface area contributed by atoms with Crippen molar-refractivity contribution in [2.75, 3.05) is 0 Å². The van der Waals surface area contributed by atoms with Crippen LogP contribution < -0.4 is 4.74 Å². The van der Waals surface area contributed by atoms with E-state index in [9.17, 15) is 14.7 Å². The topological polar surface area (TPSA) is 66.8 Å². The first kappa shape index (κ1) is 23.9. The number of carbonyl (C=O) groups is 2. The van der Waals surface area contributed by atoms with Crippen LogP contribution in [-0.2, 0) is 28.0 Å². The number of rotatable bonds is 4. The number of aliphatic hydroxyl groups is 1. The molecule has 2 atom stereocenters. The Morgan fingerprint density at radius 2 is 1.69 bits per heavy atom. The van der Waals surface area contributed by atoms with Gasteiger partial charge in [-0.25, -0.2) is 0 Å². The molecule has 1 amide bonds.